The van der Waals surface area contributed by atoms with E-state index in [0.29, 0.717) is 0 Å². The van der Waals surface area contributed by atoms with E-state index >= 15 is 0 Å². The Morgan fingerprint density at radius 1 is 1.44 bits per heavy atom. The molecule has 0 unspecified atom stereocenters. The first-order valence-corrected chi connectivity index (χ1v) is 2.48. The minimum atomic E-state index is -4.19. The molecule has 4 heteroatoms. The Morgan fingerprint density at radius 2 is 1.89 bits per heavy atom. The lowest BCUT2D eigenvalue weighted by molar-refractivity contribution is -0.142. The number of rotatable bonds is 2. The molecule has 0 heterocycles. The van der Waals surface area contributed by atoms with Crippen LogP contribution in [0.5, 0.6) is 0 Å². The Morgan fingerprint density at radius 3 is 2.00 bits per heavy atom. The zero-order chi connectivity index (χ0) is 7.49. The fourth-order valence-corrected chi connectivity index (χ4v) is 0.318. The van der Waals surface area contributed by atoms with Gasteiger partial charge in [-0.05, 0) is 6.92 Å². The van der Waals surface area contributed by atoms with Gasteiger partial charge in [0.15, 0.2) is 0 Å². The van der Waals surface area contributed by atoms with E-state index in [9.17, 15) is 18.0 Å². The largest absolute Gasteiger partial charge is 0.389 e. The van der Waals surface area contributed by atoms with Gasteiger partial charge in [-0.15, -0.1) is 0 Å². The quantitative estimate of drug-likeness (QED) is 0.572. The van der Waals surface area contributed by atoms with Gasteiger partial charge in [0.25, 0.3) is 0 Å². The van der Waals surface area contributed by atoms with Gasteiger partial charge in [-0.3, -0.25) is 0 Å². The Bertz CT molecular complexity index is 105. The molecular formula is C5H7F3O. The van der Waals surface area contributed by atoms with Crippen molar-refractivity contribution in [2.45, 2.75) is 25.9 Å². The SMILES string of the molecule is CC(=O)CCC(F)(F)F. The first-order valence-electron chi connectivity index (χ1n) is 2.48. The van der Waals surface area contributed by atoms with Gasteiger partial charge in [0.2, 0.25) is 0 Å². The van der Waals surface area contributed by atoms with Gasteiger partial charge in [-0.25, -0.2) is 0 Å². The fourth-order valence-electron chi connectivity index (χ4n) is 0.318. The van der Waals surface area contributed by atoms with Crippen molar-refractivity contribution in [3.63, 3.8) is 0 Å². The van der Waals surface area contributed by atoms with E-state index in [1.54, 1.807) is 0 Å². The Labute approximate surface area is 50.9 Å². The molecule has 0 aliphatic carbocycles. The molecule has 0 spiro atoms. The monoisotopic (exact) mass is 140 g/mol. The number of halogens is 3. The molecule has 9 heavy (non-hydrogen) atoms. The van der Waals surface area contributed by atoms with Gasteiger partial charge in [0.1, 0.15) is 5.78 Å². The second-order valence-electron chi connectivity index (χ2n) is 1.82. The Balaban J connectivity index is 3.39. The number of carbonyl (C=O) groups is 1. The minimum Gasteiger partial charge on any atom is -0.300 e. The lowest BCUT2D eigenvalue weighted by Crippen LogP contribution is -2.08. The van der Waals surface area contributed by atoms with E-state index in [1.165, 1.54) is 0 Å². The van der Waals surface area contributed by atoms with Crippen molar-refractivity contribution in [3.8, 4) is 0 Å². The molecule has 0 atom stereocenters. The summed E-state index contributed by atoms with van der Waals surface area (Å²) in [6.45, 7) is 1.14. The van der Waals surface area contributed by atoms with Crippen LogP contribution in [0.15, 0.2) is 0 Å². The predicted molar refractivity (Wildman–Crippen MR) is 26.0 cm³/mol. The summed E-state index contributed by atoms with van der Waals surface area (Å²) in [5, 5.41) is 0. The van der Waals surface area contributed by atoms with Gasteiger partial charge in [0.05, 0.1) is 6.42 Å². The Hall–Kier alpha value is -0.540. The molecule has 0 N–H and O–H groups in total. The van der Waals surface area contributed by atoms with Crippen molar-refractivity contribution >= 4 is 5.78 Å². The summed E-state index contributed by atoms with van der Waals surface area (Å²) in [4.78, 5) is 9.99. The van der Waals surface area contributed by atoms with Crippen LogP contribution in [0.3, 0.4) is 0 Å². The maximum Gasteiger partial charge on any atom is 0.389 e. The van der Waals surface area contributed by atoms with E-state index in [2.05, 4.69) is 0 Å². The van der Waals surface area contributed by atoms with Crippen LogP contribution in [0.1, 0.15) is 19.8 Å². The highest BCUT2D eigenvalue weighted by molar-refractivity contribution is 5.75. The number of ketones is 1. The molecular weight excluding hydrogens is 133 g/mol. The summed E-state index contributed by atoms with van der Waals surface area (Å²) in [5.74, 6) is -0.424. The topological polar surface area (TPSA) is 17.1 Å². The molecule has 0 amide bonds. The average molecular weight is 140 g/mol. The lowest BCUT2D eigenvalue weighted by Gasteiger charge is -2.01. The molecule has 0 aromatic heterocycles. The summed E-state index contributed by atoms with van der Waals surface area (Å²) in [5.41, 5.74) is 0. The first kappa shape index (κ1) is 8.46. The van der Waals surface area contributed by atoms with Crippen molar-refractivity contribution in [1.29, 1.82) is 0 Å². The summed E-state index contributed by atoms with van der Waals surface area (Å²) in [6.07, 6.45) is -5.59. The fraction of sp³-hybridized carbons (Fsp3) is 0.800. The smallest absolute Gasteiger partial charge is 0.300 e. The molecule has 0 radical (unpaired) electrons. The van der Waals surface area contributed by atoms with Gasteiger partial charge in [-0.1, -0.05) is 0 Å². The van der Waals surface area contributed by atoms with Crippen LogP contribution in [0, 0.1) is 0 Å². The normalized spacial score (nSPS) is 11.6. The average Bonchev–Trinajstić information content (AvgIpc) is 1.59. The van der Waals surface area contributed by atoms with Crippen LogP contribution in [0.2, 0.25) is 0 Å². The van der Waals surface area contributed by atoms with Crippen molar-refractivity contribution in [3.05, 3.63) is 0 Å². The maximum atomic E-state index is 11.3. The van der Waals surface area contributed by atoms with E-state index in [0.717, 1.165) is 6.92 Å². The number of carbonyl (C=O) groups excluding carboxylic acids is 1. The number of Topliss-reactive ketones (excluding diaryl/α,β-unsaturated/α-hetero) is 1. The van der Waals surface area contributed by atoms with Crippen LogP contribution in [-0.4, -0.2) is 12.0 Å². The molecule has 0 fully saturated rings. The zero-order valence-electron chi connectivity index (χ0n) is 4.96. The highest BCUT2D eigenvalue weighted by Crippen LogP contribution is 2.20. The van der Waals surface area contributed by atoms with E-state index in [-0.39, 0.29) is 0 Å². The van der Waals surface area contributed by atoms with Gasteiger partial charge in [0, 0.05) is 6.42 Å². The van der Waals surface area contributed by atoms with Crippen molar-refractivity contribution in [2.75, 3.05) is 0 Å². The third kappa shape index (κ3) is 7.46. The molecule has 0 bridgehead atoms. The number of hydrogen-bond acceptors (Lipinski definition) is 1. The standard InChI is InChI=1S/C5H7F3O/c1-4(9)2-3-5(6,7)8/h2-3H2,1H3. The highest BCUT2D eigenvalue weighted by atomic mass is 19.4. The second kappa shape index (κ2) is 2.85. The number of alkyl halides is 3. The molecule has 0 aliphatic heterocycles. The molecule has 0 aliphatic rings. The molecule has 0 aromatic rings. The molecule has 0 saturated heterocycles. The Kier molecular flexibility index (Phi) is 2.67. The van der Waals surface area contributed by atoms with E-state index in [4.69, 9.17) is 0 Å². The molecule has 54 valence electrons. The van der Waals surface area contributed by atoms with Crippen LogP contribution < -0.4 is 0 Å². The molecule has 0 rings (SSSR count). The van der Waals surface area contributed by atoms with Crippen LogP contribution in [0.4, 0.5) is 13.2 Å². The summed E-state index contributed by atoms with van der Waals surface area (Å²) in [7, 11) is 0. The zero-order valence-corrected chi connectivity index (χ0v) is 4.96. The third-order valence-electron chi connectivity index (χ3n) is 0.761. The minimum absolute atomic E-state index is 0.399. The van der Waals surface area contributed by atoms with Crippen molar-refractivity contribution in [1.82, 2.24) is 0 Å². The third-order valence-corrected chi connectivity index (χ3v) is 0.761. The molecule has 1 nitrogen and oxygen atoms in total. The number of hydrogen-bond donors (Lipinski definition) is 0. The lowest BCUT2D eigenvalue weighted by atomic mass is 10.2. The van der Waals surface area contributed by atoms with Crippen LogP contribution >= 0.6 is 0 Å². The molecule has 0 saturated carbocycles. The van der Waals surface area contributed by atoms with Gasteiger partial charge < -0.3 is 4.79 Å². The van der Waals surface area contributed by atoms with Crippen LogP contribution in [-0.2, 0) is 4.79 Å². The van der Waals surface area contributed by atoms with Crippen LogP contribution in [0.25, 0.3) is 0 Å². The highest BCUT2D eigenvalue weighted by Gasteiger charge is 2.26. The van der Waals surface area contributed by atoms with E-state index < -0.39 is 24.8 Å². The van der Waals surface area contributed by atoms with Crippen molar-refractivity contribution < 1.29 is 18.0 Å². The summed E-state index contributed by atoms with van der Waals surface area (Å²) < 4.78 is 33.8. The first-order chi connectivity index (χ1) is 3.92. The summed E-state index contributed by atoms with van der Waals surface area (Å²) >= 11 is 0. The predicted octanol–water partition coefficient (Wildman–Crippen LogP) is 1.92. The molecule has 0 aromatic carbocycles. The second-order valence-corrected chi connectivity index (χ2v) is 1.82. The van der Waals surface area contributed by atoms with Gasteiger partial charge in [-0.2, -0.15) is 13.2 Å². The van der Waals surface area contributed by atoms with E-state index in [1.807, 2.05) is 0 Å². The van der Waals surface area contributed by atoms with Crippen molar-refractivity contribution in [2.24, 2.45) is 0 Å². The summed E-state index contributed by atoms with van der Waals surface area (Å²) in [6, 6.07) is 0. The maximum absolute atomic E-state index is 11.3. The van der Waals surface area contributed by atoms with Gasteiger partial charge >= 0.3 is 6.18 Å².